The zero-order chi connectivity index (χ0) is 8.67. The van der Waals surface area contributed by atoms with Gasteiger partial charge in [-0.1, -0.05) is 48.6 Å². The van der Waals surface area contributed by atoms with Crippen molar-refractivity contribution in [1.29, 1.82) is 0 Å². The van der Waals surface area contributed by atoms with Crippen molar-refractivity contribution < 1.29 is 0 Å². The molecule has 1 heteroatoms. The molecule has 0 saturated heterocycles. The molecular weight excluding hydrogens is 231 g/mol. The second-order valence-electron chi connectivity index (χ2n) is 3.47. The van der Waals surface area contributed by atoms with E-state index in [0.29, 0.717) is 0 Å². The summed E-state index contributed by atoms with van der Waals surface area (Å²) >= 11 is 0. The van der Waals surface area contributed by atoms with Gasteiger partial charge < -0.3 is 0 Å². The standard InChI is InChI=1S/C13H10.As/c1-4-10-6-2-8-12-9-3-7-11(5-1)13(10)12;/h1-8H,9H2;. The van der Waals surface area contributed by atoms with Crippen LogP contribution in [0.25, 0.3) is 16.8 Å². The van der Waals surface area contributed by atoms with Gasteiger partial charge in [-0.2, -0.15) is 0 Å². The largest absolute Gasteiger partial charge is 0.0795 e. The Balaban J connectivity index is 0.000000750. The minimum absolute atomic E-state index is 0. The predicted octanol–water partition coefficient (Wildman–Crippen LogP) is 3.03. The predicted molar refractivity (Wildman–Crippen MR) is 62.4 cm³/mol. The summed E-state index contributed by atoms with van der Waals surface area (Å²) < 4.78 is 0. The molecule has 0 nitrogen and oxygen atoms in total. The summed E-state index contributed by atoms with van der Waals surface area (Å²) in [5.41, 5.74) is 2.81. The van der Waals surface area contributed by atoms with Gasteiger partial charge in [-0.15, -0.1) is 0 Å². The van der Waals surface area contributed by atoms with Crippen LogP contribution in [0.1, 0.15) is 11.1 Å². The van der Waals surface area contributed by atoms with Crippen LogP contribution in [0.5, 0.6) is 0 Å². The molecule has 0 saturated carbocycles. The molecule has 0 heterocycles. The SMILES string of the molecule is C1=Cc2cccc3cccc(c23)C1.[As]. The van der Waals surface area contributed by atoms with Crippen LogP contribution < -0.4 is 0 Å². The summed E-state index contributed by atoms with van der Waals surface area (Å²) in [5, 5.41) is 2.80. The van der Waals surface area contributed by atoms with Crippen molar-refractivity contribution in [2.75, 3.05) is 0 Å². The van der Waals surface area contributed by atoms with Crippen molar-refractivity contribution in [2.45, 2.75) is 6.42 Å². The second-order valence-corrected chi connectivity index (χ2v) is 3.47. The normalized spacial score (nSPS) is 12.6. The molecular formula is C13H10As. The Hall–Kier alpha value is -1.00. The first-order valence-corrected chi connectivity index (χ1v) is 4.62. The number of allylic oxidation sites excluding steroid dienone is 1. The monoisotopic (exact) mass is 241 g/mol. The third kappa shape index (κ3) is 1.31. The van der Waals surface area contributed by atoms with Gasteiger partial charge in [0.05, 0.1) is 0 Å². The van der Waals surface area contributed by atoms with E-state index in [1.807, 2.05) is 0 Å². The molecule has 1 aliphatic carbocycles. The molecule has 0 aliphatic heterocycles. The van der Waals surface area contributed by atoms with Crippen LogP contribution >= 0.6 is 0 Å². The molecule has 0 amide bonds. The Kier molecular flexibility index (Phi) is 2.48. The average molecular weight is 241 g/mol. The van der Waals surface area contributed by atoms with Crippen LogP contribution in [0.4, 0.5) is 0 Å². The van der Waals surface area contributed by atoms with Gasteiger partial charge in [0.2, 0.25) is 0 Å². The number of rotatable bonds is 0. The fraction of sp³-hybridized carbons (Fsp3) is 0.0769. The zero-order valence-corrected chi connectivity index (χ0v) is 9.65. The Labute approximate surface area is 94.9 Å². The van der Waals surface area contributed by atoms with Crippen molar-refractivity contribution in [3.8, 4) is 0 Å². The Morgan fingerprint density at radius 3 is 2.57 bits per heavy atom. The van der Waals surface area contributed by atoms with Crippen molar-refractivity contribution >= 4 is 34.8 Å². The Morgan fingerprint density at radius 2 is 1.71 bits per heavy atom. The summed E-state index contributed by atoms with van der Waals surface area (Å²) in [6.45, 7) is 0. The van der Waals surface area contributed by atoms with Gasteiger partial charge in [0.25, 0.3) is 0 Å². The van der Waals surface area contributed by atoms with Gasteiger partial charge >= 0.3 is 0 Å². The van der Waals surface area contributed by atoms with Gasteiger partial charge in [-0.05, 0) is 28.3 Å². The molecule has 3 rings (SSSR count). The van der Waals surface area contributed by atoms with Crippen LogP contribution in [0.3, 0.4) is 0 Å². The van der Waals surface area contributed by atoms with E-state index in [0.717, 1.165) is 6.42 Å². The van der Waals surface area contributed by atoms with Gasteiger partial charge in [0, 0.05) is 18.0 Å². The van der Waals surface area contributed by atoms with E-state index in [4.69, 9.17) is 0 Å². The molecule has 2 aromatic carbocycles. The van der Waals surface area contributed by atoms with E-state index in [1.165, 1.54) is 21.9 Å². The van der Waals surface area contributed by atoms with E-state index in [1.54, 1.807) is 0 Å². The van der Waals surface area contributed by atoms with Gasteiger partial charge in [0.1, 0.15) is 0 Å². The number of hydrogen-bond acceptors (Lipinski definition) is 0. The molecule has 0 aromatic heterocycles. The minimum Gasteiger partial charge on any atom is -0.0795 e. The zero-order valence-electron chi connectivity index (χ0n) is 7.77. The van der Waals surface area contributed by atoms with Crippen LogP contribution in [0, 0.1) is 0 Å². The van der Waals surface area contributed by atoms with Crippen LogP contribution in [0.15, 0.2) is 42.5 Å². The number of benzene rings is 2. The first kappa shape index (κ1) is 9.55. The van der Waals surface area contributed by atoms with Crippen molar-refractivity contribution in [3.63, 3.8) is 0 Å². The summed E-state index contributed by atoms with van der Waals surface area (Å²) in [7, 11) is 0. The summed E-state index contributed by atoms with van der Waals surface area (Å²) in [5.74, 6) is 0. The van der Waals surface area contributed by atoms with Crippen LogP contribution in [-0.2, 0) is 6.42 Å². The molecule has 2 aromatic rings. The maximum atomic E-state index is 2.23. The smallest absolute Gasteiger partial charge is 0 e. The van der Waals surface area contributed by atoms with E-state index < -0.39 is 0 Å². The van der Waals surface area contributed by atoms with Crippen molar-refractivity contribution in [2.24, 2.45) is 0 Å². The van der Waals surface area contributed by atoms with E-state index in [9.17, 15) is 0 Å². The summed E-state index contributed by atoms with van der Waals surface area (Å²) in [6, 6.07) is 13.0. The summed E-state index contributed by atoms with van der Waals surface area (Å²) in [4.78, 5) is 0. The minimum atomic E-state index is 0. The fourth-order valence-corrected chi connectivity index (χ4v) is 2.07. The molecule has 0 unspecified atom stereocenters. The summed E-state index contributed by atoms with van der Waals surface area (Å²) in [6.07, 6.45) is 5.53. The molecule has 0 spiro atoms. The molecule has 14 heavy (non-hydrogen) atoms. The third-order valence-electron chi connectivity index (χ3n) is 2.66. The van der Waals surface area contributed by atoms with Crippen LogP contribution in [0.2, 0.25) is 0 Å². The molecule has 0 atom stereocenters. The van der Waals surface area contributed by atoms with Crippen LogP contribution in [-0.4, -0.2) is 18.0 Å². The van der Waals surface area contributed by atoms with E-state index in [-0.39, 0.29) is 18.0 Å². The van der Waals surface area contributed by atoms with Gasteiger partial charge in [0.15, 0.2) is 0 Å². The molecule has 1 aliphatic rings. The Morgan fingerprint density at radius 1 is 0.929 bits per heavy atom. The van der Waals surface area contributed by atoms with E-state index in [2.05, 4.69) is 48.6 Å². The molecule has 0 bridgehead atoms. The number of hydrogen-bond donors (Lipinski definition) is 0. The van der Waals surface area contributed by atoms with Crippen molar-refractivity contribution in [1.82, 2.24) is 0 Å². The van der Waals surface area contributed by atoms with Gasteiger partial charge in [-0.25, -0.2) is 0 Å². The molecule has 67 valence electrons. The van der Waals surface area contributed by atoms with Gasteiger partial charge in [-0.3, -0.25) is 0 Å². The Bertz CT molecular complexity index is 492. The quantitative estimate of drug-likeness (QED) is 0.622. The molecule has 3 radical (unpaired) electrons. The molecule has 0 N–H and O–H groups in total. The second kappa shape index (κ2) is 3.63. The maximum absolute atomic E-state index is 2.23. The third-order valence-corrected chi connectivity index (χ3v) is 2.66. The first-order valence-electron chi connectivity index (χ1n) is 4.62. The fourth-order valence-electron chi connectivity index (χ4n) is 2.07. The average Bonchev–Trinajstić information content (AvgIpc) is 2.19. The topological polar surface area (TPSA) is 0 Å². The maximum Gasteiger partial charge on any atom is 0 e. The van der Waals surface area contributed by atoms with Crippen molar-refractivity contribution in [3.05, 3.63) is 53.6 Å². The van der Waals surface area contributed by atoms with E-state index >= 15 is 0 Å². The molecule has 0 fully saturated rings. The first-order chi connectivity index (χ1) is 6.45.